The quantitative estimate of drug-likeness (QED) is 0.525. The highest BCUT2D eigenvalue weighted by molar-refractivity contribution is 9.10. The average molecular weight is 257 g/mol. The van der Waals surface area contributed by atoms with Gasteiger partial charge in [0.25, 0.3) is 0 Å². The largest absolute Gasteiger partial charge is 0.459 e. The van der Waals surface area contributed by atoms with Gasteiger partial charge in [-0.05, 0) is 28.1 Å². The van der Waals surface area contributed by atoms with Crippen molar-refractivity contribution in [1.82, 2.24) is 0 Å². The standard InChI is InChI=1S/C10H6BrFO2/c1-14-9(13)6-5-7-3-2-4-8(11)10(7)12/h2-4H,1H3. The summed E-state index contributed by atoms with van der Waals surface area (Å²) in [5.74, 6) is 3.35. The number of esters is 1. The smallest absolute Gasteiger partial charge is 0.384 e. The molecule has 0 saturated carbocycles. The maximum atomic E-state index is 13.3. The zero-order valence-electron chi connectivity index (χ0n) is 7.30. The normalized spacial score (nSPS) is 8.79. The molecule has 0 bridgehead atoms. The van der Waals surface area contributed by atoms with Gasteiger partial charge in [-0.25, -0.2) is 9.18 Å². The first-order valence-corrected chi connectivity index (χ1v) is 4.48. The van der Waals surface area contributed by atoms with Gasteiger partial charge in [-0.2, -0.15) is 0 Å². The topological polar surface area (TPSA) is 26.3 Å². The first kappa shape index (κ1) is 10.7. The second-order valence-corrected chi connectivity index (χ2v) is 3.20. The molecule has 0 atom stereocenters. The van der Waals surface area contributed by atoms with Crippen molar-refractivity contribution in [3.63, 3.8) is 0 Å². The van der Waals surface area contributed by atoms with E-state index in [-0.39, 0.29) is 5.56 Å². The zero-order valence-corrected chi connectivity index (χ0v) is 8.89. The van der Waals surface area contributed by atoms with Gasteiger partial charge in [-0.3, -0.25) is 0 Å². The summed E-state index contributed by atoms with van der Waals surface area (Å²) in [5.41, 5.74) is 0.157. The average Bonchev–Trinajstić information content (AvgIpc) is 2.20. The van der Waals surface area contributed by atoms with Gasteiger partial charge in [-0.15, -0.1) is 0 Å². The van der Waals surface area contributed by atoms with Crippen molar-refractivity contribution in [2.75, 3.05) is 7.11 Å². The first-order valence-electron chi connectivity index (χ1n) is 3.69. The van der Waals surface area contributed by atoms with E-state index >= 15 is 0 Å². The molecule has 1 aromatic rings. The number of methoxy groups -OCH3 is 1. The molecule has 0 saturated heterocycles. The summed E-state index contributed by atoms with van der Waals surface area (Å²) >= 11 is 3.01. The lowest BCUT2D eigenvalue weighted by molar-refractivity contribution is -0.133. The highest BCUT2D eigenvalue weighted by Gasteiger charge is 2.02. The minimum Gasteiger partial charge on any atom is -0.459 e. The number of halogens is 2. The number of benzene rings is 1. The fourth-order valence-electron chi connectivity index (χ4n) is 0.770. The van der Waals surface area contributed by atoms with E-state index < -0.39 is 11.8 Å². The summed E-state index contributed by atoms with van der Waals surface area (Å²) in [4.78, 5) is 10.7. The highest BCUT2D eigenvalue weighted by Crippen LogP contribution is 2.17. The minimum absolute atomic E-state index is 0.157. The van der Waals surface area contributed by atoms with E-state index in [1.54, 1.807) is 12.1 Å². The van der Waals surface area contributed by atoms with Crippen LogP contribution in [0.5, 0.6) is 0 Å². The lowest BCUT2D eigenvalue weighted by Crippen LogP contribution is -1.95. The van der Waals surface area contributed by atoms with E-state index in [2.05, 4.69) is 32.5 Å². The van der Waals surface area contributed by atoms with Gasteiger partial charge in [0.05, 0.1) is 17.1 Å². The van der Waals surface area contributed by atoms with Crippen LogP contribution in [0.2, 0.25) is 0 Å². The molecule has 0 heterocycles. The molecule has 0 aliphatic rings. The molecule has 4 heteroatoms. The Bertz CT molecular complexity index is 418. The number of carbonyl (C=O) groups is 1. The van der Waals surface area contributed by atoms with Crippen molar-refractivity contribution in [3.05, 3.63) is 34.1 Å². The third kappa shape index (κ3) is 2.57. The van der Waals surface area contributed by atoms with Crippen molar-refractivity contribution >= 4 is 21.9 Å². The van der Waals surface area contributed by atoms with Crippen molar-refractivity contribution in [1.29, 1.82) is 0 Å². The predicted molar refractivity (Wildman–Crippen MR) is 53.0 cm³/mol. The van der Waals surface area contributed by atoms with Gasteiger partial charge in [0.1, 0.15) is 0 Å². The number of ether oxygens (including phenoxy) is 1. The van der Waals surface area contributed by atoms with Crippen LogP contribution in [0, 0.1) is 17.7 Å². The molecule has 0 spiro atoms. The number of carbonyl (C=O) groups excluding carboxylic acids is 1. The Balaban J connectivity index is 3.01. The van der Waals surface area contributed by atoms with Gasteiger partial charge in [-0.1, -0.05) is 12.0 Å². The fourth-order valence-corrected chi connectivity index (χ4v) is 1.14. The van der Waals surface area contributed by atoms with Gasteiger partial charge < -0.3 is 4.74 Å². The Hall–Kier alpha value is -1.34. The first-order chi connectivity index (χ1) is 6.65. The Morgan fingerprint density at radius 1 is 1.57 bits per heavy atom. The van der Waals surface area contributed by atoms with Crippen molar-refractivity contribution in [2.24, 2.45) is 0 Å². The van der Waals surface area contributed by atoms with E-state index in [1.165, 1.54) is 13.2 Å². The maximum absolute atomic E-state index is 13.3. The molecular weight excluding hydrogens is 251 g/mol. The summed E-state index contributed by atoms with van der Waals surface area (Å²) in [7, 11) is 1.22. The molecule has 1 rings (SSSR count). The van der Waals surface area contributed by atoms with E-state index in [0.717, 1.165) is 0 Å². The van der Waals surface area contributed by atoms with Crippen LogP contribution in [0.3, 0.4) is 0 Å². The van der Waals surface area contributed by atoms with Gasteiger partial charge >= 0.3 is 5.97 Å². The lowest BCUT2D eigenvalue weighted by Gasteiger charge is -1.95. The zero-order chi connectivity index (χ0) is 10.6. The van der Waals surface area contributed by atoms with E-state index in [1.807, 2.05) is 0 Å². The summed E-state index contributed by atoms with van der Waals surface area (Å²) < 4.78 is 17.9. The molecule has 1 aromatic carbocycles. The highest BCUT2D eigenvalue weighted by atomic mass is 79.9. The number of hydrogen-bond donors (Lipinski definition) is 0. The van der Waals surface area contributed by atoms with Crippen LogP contribution in [0.25, 0.3) is 0 Å². The summed E-state index contributed by atoms with van der Waals surface area (Å²) in [5, 5.41) is 0. The Kier molecular flexibility index (Phi) is 3.66. The molecule has 0 fully saturated rings. The maximum Gasteiger partial charge on any atom is 0.384 e. The molecule has 0 aromatic heterocycles. The molecule has 0 N–H and O–H groups in total. The van der Waals surface area contributed by atoms with Crippen LogP contribution >= 0.6 is 15.9 Å². The monoisotopic (exact) mass is 256 g/mol. The van der Waals surface area contributed by atoms with Crippen LogP contribution in [-0.4, -0.2) is 13.1 Å². The summed E-state index contributed by atoms with van der Waals surface area (Å²) in [6, 6.07) is 4.67. The van der Waals surface area contributed by atoms with Crippen LogP contribution in [0.15, 0.2) is 22.7 Å². The lowest BCUT2D eigenvalue weighted by atomic mass is 10.2. The summed E-state index contributed by atoms with van der Waals surface area (Å²) in [6.07, 6.45) is 0. The van der Waals surface area contributed by atoms with Crippen LogP contribution in [0.4, 0.5) is 4.39 Å². The second kappa shape index (κ2) is 4.77. The van der Waals surface area contributed by atoms with Crippen LogP contribution in [-0.2, 0) is 9.53 Å². The molecule has 72 valence electrons. The molecule has 0 radical (unpaired) electrons. The third-order valence-corrected chi connectivity index (χ3v) is 2.05. The third-order valence-electron chi connectivity index (χ3n) is 1.44. The molecular formula is C10H6BrFO2. The van der Waals surface area contributed by atoms with Gasteiger partial charge in [0.15, 0.2) is 5.82 Å². The fraction of sp³-hybridized carbons (Fsp3) is 0.100. The van der Waals surface area contributed by atoms with E-state index in [0.29, 0.717) is 4.47 Å². The predicted octanol–water partition coefficient (Wildman–Crippen LogP) is 2.11. The van der Waals surface area contributed by atoms with Crippen molar-refractivity contribution in [3.8, 4) is 11.8 Å². The van der Waals surface area contributed by atoms with E-state index in [9.17, 15) is 9.18 Å². The van der Waals surface area contributed by atoms with Crippen molar-refractivity contribution < 1.29 is 13.9 Å². The summed E-state index contributed by atoms with van der Waals surface area (Å²) in [6.45, 7) is 0. The molecule has 0 aliphatic carbocycles. The minimum atomic E-state index is -0.690. The molecule has 0 amide bonds. The second-order valence-electron chi connectivity index (χ2n) is 2.34. The van der Waals surface area contributed by atoms with Crippen LogP contribution < -0.4 is 0 Å². The molecule has 0 aliphatic heterocycles. The Morgan fingerprint density at radius 2 is 2.29 bits per heavy atom. The molecule has 14 heavy (non-hydrogen) atoms. The van der Waals surface area contributed by atoms with Gasteiger partial charge in [0.2, 0.25) is 0 Å². The Morgan fingerprint density at radius 3 is 2.93 bits per heavy atom. The molecule has 2 nitrogen and oxygen atoms in total. The SMILES string of the molecule is COC(=O)C#Cc1cccc(Br)c1F. The molecule has 0 unspecified atom stereocenters. The van der Waals surface area contributed by atoms with Gasteiger partial charge in [0, 0.05) is 5.92 Å². The van der Waals surface area contributed by atoms with E-state index in [4.69, 9.17) is 0 Å². The Labute approximate surface area is 89.2 Å². The van der Waals surface area contributed by atoms with Crippen LogP contribution in [0.1, 0.15) is 5.56 Å². The number of hydrogen-bond acceptors (Lipinski definition) is 2. The number of rotatable bonds is 0. The van der Waals surface area contributed by atoms with Crippen molar-refractivity contribution in [2.45, 2.75) is 0 Å².